The molecule has 0 aliphatic rings. The van der Waals surface area contributed by atoms with Gasteiger partial charge in [0.1, 0.15) is 11.9 Å². The second-order valence-electron chi connectivity index (χ2n) is 8.44. The third kappa shape index (κ3) is 9.05. The van der Waals surface area contributed by atoms with Gasteiger partial charge in [-0.15, -0.1) is 24.0 Å². The van der Waals surface area contributed by atoms with Crippen molar-refractivity contribution in [2.45, 2.75) is 39.3 Å². The Labute approximate surface area is 217 Å². The molecule has 1 aromatic heterocycles. The van der Waals surface area contributed by atoms with E-state index in [2.05, 4.69) is 25.9 Å². The van der Waals surface area contributed by atoms with Crippen LogP contribution in [0.25, 0.3) is 11.5 Å². The quantitative estimate of drug-likeness (QED) is 0.203. The third-order valence-corrected chi connectivity index (χ3v) is 4.54. The first-order valence-corrected chi connectivity index (χ1v) is 10.9. The topological polar surface area (TPSA) is 101 Å². The Morgan fingerprint density at radius 1 is 1.06 bits per heavy atom. The van der Waals surface area contributed by atoms with E-state index in [1.165, 1.54) is 0 Å². The van der Waals surface area contributed by atoms with Crippen molar-refractivity contribution in [2.75, 3.05) is 18.9 Å². The van der Waals surface area contributed by atoms with E-state index in [-0.39, 0.29) is 24.0 Å². The number of rotatable bonds is 7. The van der Waals surface area contributed by atoms with Crippen molar-refractivity contribution >= 4 is 41.7 Å². The molecule has 0 bridgehead atoms. The molecule has 2 aromatic carbocycles. The zero-order chi connectivity index (χ0) is 23.7. The number of nitrogens with zero attached hydrogens (tertiary/aromatic N) is 2. The fourth-order valence-electron chi connectivity index (χ4n) is 3.00. The maximum atomic E-state index is 11.9. The molecule has 34 heavy (non-hydrogen) atoms. The molecule has 3 N–H and O–H groups in total. The molecule has 0 unspecified atom stereocenters. The highest BCUT2D eigenvalue weighted by molar-refractivity contribution is 14.0. The van der Waals surface area contributed by atoms with E-state index in [0.717, 1.165) is 23.2 Å². The van der Waals surface area contributed by atoms with E-state index in [4.69, 9.17) is 9.15 Å². The fourth-order valence-corrected chi connectivity index (χ4v) is 3.00. The summed E-state index contributed by atoms with van der Waals surface area (Å²) in [4.78, 5) is 20.6. The Balaban J connectivity index is 0.00000408. The van der Waals surface area contributed by atoms with Gasteiger partial charge in [-0.2, -0.15) is 0 Å². The first-order chi connectivity index (χ1) is 15.8. The van der Waals surface area contributed by atoms with Crippen LogP contribution < -0.4 is 16.0 Å². The van der Waals surface area contributed by atoms with Gasteiger partial charge in [0.15, 0.2) is 5.96 Å². The molecule has 8 nitrogen and oxygen atoms in total. The molecule has 0 saturated carbocycles. The summed E-state index contributed by atoms with van der Waals surface area (Å²) in [5.41, 5.74) is 3.04. The van der Waals surface area contributed by atoms with Gasteiger partial charge in [0, 0.05) is 24.8 Å². The second kappa shape index (κ2) is 13.0. The number of carbonyl (C=O) groups excluding carboxylic acids is 1. The highest BCUT2D eigenvalue weighted by atomic mass is 127. The summed E-state index contributed by atoms with van der Waals surface area (Å²) in [6.45, 7) is 6.70. The molecule has 182 valence electrons. The maximum absolute atomic E-state index is 11.9. The van der Waals surface area contributed by atoms with Crippen LogP contribution in [-0.2, 0) is 17.7 Å². The largest absolute Gasteiger partial charge is 0.444 e. The SMILES string of the molecule is CN=C(NCCc1ccc(NC(=O)OC(C)(C)C)cc1)NCc1coc(-c2ccccc2)n1.I. The summed E-state index contributed by atoms with van der Waals surface area (Å²) in [7, 11) is 1.73. The molecule has 1 heterocycles. The number of nitrogens with one attached hydrogen (secondary N) is 3. The number of aliphatic imine (C=N–C) groups is 1. The molecule has 0 radical (unpaired) electrons. The van der Waals surface area contributed by atoms with Gasteiger partial charge in [0.25, 0.3) is 0 Å². The summed E-state index contributed by atoms with van der Waals surface area (Å²) in [6.07, 6.45) is 1.99. The number of halogens is 1. The normalized spacial score (nSPS) is 11.4. The average molecular weight is 577 g/mol. The number of carbonyl (C=O) groups is 1. The van der Waals surface area contributed by atoms with Gasteiger partial charge in [-0.25, -0.2) is 9.78 Å². The van der Waals surface area contributed by atoms with Crippen LogP contribution in [-0.4, -0.2) is 36.2 Å². The smallest absolute Gasteiger partial charge is 0.412 e. The van der Waals surface area contributed by atoms with E-state index < -0.39 is 11.7 Å². The molecule has 0 aliphatic heterocycles. The number of hydrogen-bond donors (Lipinski definition) is 3. The molecular formula is C25H32IN5O3. The van der Waals surface area contributed by atoms with Gasteiger partial charge in [-0.1, -0.05) is 30.3 Å². The minimum Gasteiger partial charge on any atom is -0.444 e. The Kier molecular flexibility index (Phi) is 10.4. The van der Waals surface area contributed by atoms with Crippen LogP contribution >= 0.6 is 24.0 Å². The fraction of sp³-hybridized carbons (Fsp3) is 0.320. The summed E-state index contributed by atoms with van der Waals surface area (Å²) < 4.78 is 10.8. The number of anilines is 1. The molecule has 0 atom stereocenters. The van der Waals surface area contributed by atoms with Crippen LogP contribution in [0.4, 0.5) is 10.5 Å². The molecule has 9 heteroatoms. The lowest BCUT2D eigenvalue weighted by atomic mass is 10.1. The highest BCUT2D eigenvalue weighted by Gasteiger charge is 2.16. The van der Waals surface area contributed by atoms with Gasteiger partial charge >= 0.3 is 6.09 Å². The van der Waals surface area contributed by atoms with Crippen molar-refractivity contribution in [3.05, 3.63) is 72.1 Å². The van der Waals surface area contributed by atoms with E-state index in [0.29, 0.717) is 30.6 Å². The van der Waals surface area contributed by atoms with Crippen molar-refractivity contribution in [1.82, 2.24) is 15.6 Å². The zero-order valence-electron chi connectivity index (χ0n) is 19.9. The number of aromatic nitrogens is 1. The van der Waals surface area contributed by atoms with Gasteiger partial charge < -0.3 is 19.8 Å². The second-order valence-corrected chi connectivity index (χ2v) is 8.44. The van der Waals surface area contributed by atoms with Crippen molar-refractivity contribution in [3.8, 4) is 11.5 Å². The molecule has 0 aliphatic carbocycles. The lowest BCUT2D eigenvalue weighted by Gasteiger charge is -2.19. The molecule has 0 saturated heterocycles. The molecule has 3 rings (SSSR count). The lowest BCUT2D eigenvalue weighted by molar-refractivity contribution is 0.0636. The standard InChI is InChI=1S/C25H31N5O3.HI/c1-25(2,3)33-24(31)30-20-12-10-18(11-13-20)14-15-27-23(26-4)28-16-21-17-32-22(29-21)19-8-6-5-7-9-19;/h5-13,17H,14-16H2,1-4H3,(H,30,31)(H2,26,27,28);1H. The number of guanidine groups is 1. The average Bonchev–Trinajstić information content (AvgIpc) is 3.25. The van der Waals surface area contributed by atoms with Crippen molar-refractivity contribution in [3.63, 3.8) is 0 Å². The molecular weight excluding hydrogens is 545 g/mol. The number of hydrogen-bond acceptors (Lipinski definition) is 5. The predicted octanol–water partition coefficient (Wildman–Crippen LogP) is 5.21. The van der Waals surface area contributed by atoms with Gasteiger partial charge in [-0.3, -0.25) is 10.3 Å². The van der Waals surface area contributed by atoms with Gasteiger partial charge in [0.05, 0.1) is 12.2 Å². The van der Waals surface area contributed by atoms with E-state index in [9.17, 15) is 4.79 Å². The molecule has 0 spiro atoms. The van der Waals surface area contributed by atoms with Crippen molar-refractivity contribution < 1.29 is 13.9 Å². The third-order valence-electron chi connectivity index (χ3n) is 4.54. The van der Waals surface area contributed by atoms with Crippen LogP contribution in [0.3, 0.4) is 0 Å². The molecule has 1 amide bonds. The summed E-state index contributed by atoms with van der Waals surface area (Å²) in [6, 6.07) is 17.5. The van der Waals surface area contributed by atoms with Gasteiger partial charge in [0.2, 0.25) is 5.89 Å². The zero-order valence-corrected chi connectivity index (χ0v) is 22.3. The van der Waals surface area contributed by atoms with Crippen LogP contribution in [0.2, 0.25) is 0 Å². The van der Waals surface area contributed by atoms with Gasteiger partial charge in [-0.05, 0) is 57.0 Å². The predicted molar refractivity (Wildman–Crippen MR) is 146 cm³/mol. The summed E-state index contributed by atoms with van der Waals surface area (Å²) in [5, 5.41) is 9.27. The lowest BCUT2D eigenvalue weighted by Crippen LogP contribution is -2.37. The summed E-state index contributed by atoms with van der Waals surface area (Å²) in [5.74, 6) is 1.28. The van der Waals surface area contributed by atoms with Crippen LogP contribution in [0, 0.1) is 0 Å². The Morgan fingerprint density at radius 2 is 1.76 bits per heavy atom. The minimum atomic E-state index is -0.528. The summed E-state index contributed by atoms with van der Waals surface area (Å²) >= 11 is 0. The molecule has 0 fully saturated rings. The van der Waals surface area contributed by atoms with Crippen molar-refractivity contribution in [2.24, 2.45) is 4.99 Å². The van der Waals surface area contributed by atoms with Crippen LogP contribution in [0.15, 0.2) is 70.3 Å². The maximum Gasteiger partial charge on any atom is 0.412 e. The first kappa shape index (κ1) is 27.2. The van der Waals surface area contributed by atoms with Crippen LogP contribution in [0.1, 0.15) is 32.0 Å². The first-order valence-electron chi connectivity index (χ1n) is 10.9. The van der Waals surface area contributed by atoms with Crippen LogP contribution in [0.5, 0.6) is 0 Å². The monoisotopic (exact) mass is 577 g/mol. The Morgan fingerprint density at radius 3 is 2.41 bits per heavy atom. The minimum absolute atomic E-state index is 0. The highest BCUT2D eigenvalue weighted by Crippen LogP contribution is 2.17. The number of benzene rings is 2. The number of amides is 1. The van der Waals surface area contributed by atoms with E-state index in [1.54, 1.807) is 13.3 Å². The van der Waals surface area contributed by atoms with E-state index in [1.807, 2.05) is 75.4 Å². The Hall–Kier alpha value is -3.08. The van der Waals surface area contributed by atoms with Crippen molar-refractivity contribution in [1.29, 1.82) is 0 Å². The molecule has 3 aromatic rings. The Bertz CT molecular complexity index is 1060. The number of oxazole rings is 1. The van der Waals surface area contributed by atoms with E-state index >= 15 is 0 Å². The number of ether oxygens (including phenoxy) is 1.